The van der Waals surface area contributed by atoms with E-state index in [1.807, 2.05) is 0 Å². The van der Waals surface area contributed by atoms with Gasteiger partial charge in [-0.25, -0.2) is 0 Å². The van der Waals surface area contributed by atoms with Crippen molar-refractivity contribution in [2.75, 3.05) is 0 Å². The molecule has 0 N–H and O–H groups in total. The molecule has 1 unspecified atom stereocenters. The first-order chi connectivity index (χ1) is 4.83. The van der Waals surface area contributed by atoms with Crippen molar-refractivity contribution in [2.24, 2.45) is 5.92 Å². The summed E-state index contributed by atoms with van der Waals surface area (Å²) in [4.78, 5) is 0. The lowest BCUT2D eigenvalue weighted by Gasteiger charge is -2.16. The van der Waals surface area contributed by atoms with Crippen molar-refractivity contribution in [3.63, 3.8) is 0 Å². The number of hydrogen-bond donors (Lipinski definition) is 0. The zero-order chi connectivity index (χ0) is 7.40. The summed E-state index contributed by atoms with van der Waals surface area (Å²) in [6.07, 6.45) is 9.30. The molecular weight excluding hydrogens is 120 g/mol. The van der Waals surface area contributed by atoms with Gasteiger partial charge >= 0.3 is 0 Å². The van der Waals surface area contributed by atoms with Crippen molar-refractivity contribution in [1.82, 2.24) is 0 Å². The zero-order valence-corrected chi connectivity index (χ0v) is 7.19. The molecule has 0 amide bonds. The molecule has 0 radical (unpaired) electrons. The quantitative estimate of drug-likeness (QED) is 0.523. The highest BCUT2D eigenvalue weighted by molar-refractivity contribution is 5.09. The molecule has 0 aliphatic heterocycles. The lowest BCUT2D eigenvalue weighted by Crippen LogP contribution is -1.98. The molecule has 0 saturated heterocycles. The first-order valence-corrected chi connectivity index (χ1v) is 4.50. The van der Waals surface area contributed by atoms with Crippen LogP contribution >= 0.6 is 0 Å². The summed E-state index contributed by atoms with van der Waals surface area (Å²) in [5.41, 5.74) is 1.71. The van der Waals surface area contributed by atoms with Crippen LogP contribution in [0.5, 0.6) is 0 Å². The van der Waals surface area contributed by atoms with Gasteiger partial charge in [0.15, 0.2) is 0 Å². The molecule has 0 spiro atoms. The van der Waals surface area contributed by atoms with Gasteiger partial charge in [0, 0.05) is 0 Å². The van der Waals surface area contributed by atoms with Gasteiger partial charge < -0.3 is 0 Å². The predicted octanol–water partition coefficient (Wildman–Crippen LogP) is 3.53. The lowest BCUT2D eigenvalue weighted by molar-refractivity contribution is 0.559. The van der Waals surface area contributed by atoms with Crippen LogP contribution in [0, 0.1) is 5.92 Å². The van der Waals surface area contributed by atoms with Crippen LogP contribution in [-0.4, -0.2) is 0 Å². The van der Waals surface area contributed by atoms with Crippen molar-refractivity contribution in [2.45, 2.75) is 46.0 Å². The first-order valence-electron chi connectivity index (χ1n) is 4.50. The molecule has 10 heavy (non-hydrogen) atoms. The number of rotatable bonds is 3. The summed E-state index contributed by atoms with van der Waals surface area (Å²) < 4.78 is 0. The van der Waals surface area contributed by atoms with Crippen molar-refractivity contribution >= 4 is 0 Å². The van der Waals surface area contributed by atoms with Crippen LogP contribution in [0.15, 0.2) is 11.6 Å². The standard InChI is InChI=1S/C10H18/c1-3-9(2)7-8-10-5-4-6-10/h8-9H,3-7H2,1-2H3. The van der Waals surface area contributed by atoms with Gasteiger partial charge in [-0.2, -0.15) is 0 Å². The average Bonchev–Trinajstić information content (AvgIpc) is 1.84. The Labute approximate surface area is 64.3 Å². The van der Waals surface area contributed by atoms with Gasteiger partial charge in [-0.15, -0.1) is 0 Å². The van der Waals surface area contributed by atoms with Gasteiger partial charge in [0.2, 0.25) is 0 Å². The maximum Gasteiger partial charge on any atom is -0.0317 e. The van der Waals surface area contributed by atoms with Gasteiger partial charge in [-0.05, 0) is 31.6 Å². The maximum absolute atomic E-state index is 2.46. The Morgan fingerprint density at radius 3 is 2.60 bits per heavy atom. The second-order valence-corrected chi connectivity index (χ2v) is 3.47. The highest BCUT2D eigenvalue weighted by Crippen LogP contribution is 2.26. The third kappa shape index (κ3) is 2.17. The lowest BCUT2D eigenvalue weighted by atomic mass is 9.90. The monoisotopic (exact) mass is 138 g/mol. The molecule has 0 heterocycles. The van der Waals surface area contributed by atoms with E-state index >= 15 is 0 Å². The number of allylic oxidation sites excluding steroid dienone is 2. The summed E-state index contributed by atoms with van der Waals surface area (Å²) >= 11 is 0. The molecule has 0 heteroatoms. The van der Waals surface area contributed by atoms with Crippen LogP contribution in [0.25, 0.3) is 0 Å². The Kier molecular flexibility index (Phi) is 2.98. The van der Waals surface area contributed by atoms with Crippen molar-refractivity contribution in [3.8, 4) is 0 Å². The van der Waals surface area contributed by atoms with E-state index < -0.39 is 0 Å². The Balaban J connectivity index is 2.13. The molecule has 0 aromatic heterocycles. The van der Waals surface area contributed by atoms with Crippen molar-refractivity contribution < 1.29 is 0 Å². The number of hydrogen-bond acceptors (Lipinski definition) is 0. The van der Waals surface area contributed by atoms with Gasteiger partial charge in [-0.1, -0.05) is 31.9 Å². The van der Waals surface area contributed by atoms with E-state index in [9.17, 15) is 0 Å². The van der Waals surface area contributed by atoms with Crippen LogP contribution in [0.1, 0.15) is 46.0 Å². The first kappa shape index (κ1) is 7.84. The molecule has 0 aromatic rings. The van der Waals surface area contributed by atoms with E-state index in [0.717, 1.165) is 5.92 Å². The van der Waals surface area contributed by atoms with Gasteiger partial charge in [0.1, 0.15) is 0 Å². The molecule has 1 aliphatic carbocycles. The van der Waals surface area contributed by atoms with Gasteiger partial charge in [0.25, 0.3) is 0 Å². The average molecular weight is 138 g/mol. The molecule has 1 rings (SSSR count). The summed E-state index contributed by atoms with van der Waals surface area (Å²) in [5, 5.41) is 0. The van der Waals surface area contributed by atoms with Gasteiger partial charge in [-0.3, -0.25) is 0 Å². The van der Waals surface area contributed by atoms with Gasteiger partial charge in [0.05, 0.1) is 0 Å². The third-order valence-corrected chi connectivity index (χ3v) is 2.50. The fraction of sp³-hybridized carbons (Fsp3) is 0.800. The van der Waals surface area contributed by atoms with Crippen LogP contribution in [0.4, 0.5) is 0 Å². The SMILES string of the molecule is CCC(C)CC=C1CCC1. The minimum absolute atomic E-state index is 0.896. The Morgan fingerprint density at radius 1 is 1.50 bits per heavy atom. The third-order valence-electron chi connectivity index (χ3n) is 2.50. The topological polar surface area (TPSA) is 0 Å². The van der Waals surface area contributed by atoms with Crippen LogP contribution in [0.3, 0.4) is 0 Å². The Morgan fingerprint density at radius 2 is 2.20 bits per heavy atom. The van der Waals surface area contributed by atoms with E-state index in [-0.39, 0.29) is 0 Å². The normalized spacial score (nSPS) is 20.0. The Bertz CT molecular complexity index is 116. The van der Waals surface area contributed by atoms with E-state index in [4.69, 9.17) is 0 Å². The van der Waals surface area contributed by atoms with E-state index in [0.29, 0.717) is 0 Å². The second-order valence-electron chi connectivity index (χ2n) is 3.47. The van der Waals surface area contributed by atoms with Crippen LogP contribution < -0.4 is 0 Å². The highest BCUT2D eigenvalue weighted by Gasteiger charge is 2.07. The molecular formula is C10H18. The second kappa shape index (κ2) is 3.80. The van der Waals surface area contributed by atoms with Crippen molar-refractivity contribution in [3.05, 3.63) is 11.6 Å². The molecule has 1 saturated carbocycles. The minimum atomic E-state index is 0.896. The minimum Gasteiger partial charge on any atom is -0.0851 e. The molecule has 58 valence electrons. The highest BCUT2D eigenvalue weighted by atomic mass is 14.1. The summed E-state index contributed by atoms with van der Waals surface area (Å²) in [5.74, 6) is 0.896. The molecule has 1 fully saturated rings. The molecule has 1 atom stereocenters. The zero-order valence-electron chi connectivity index (χ0n) is 7.19. The Hall–Kier alpha value is -0.260. The van der Waals surface area contributed by atoms with Crippen LogP contribution in [0.2, 0.25) is 0 Å². The summed E-state index contributed by atoms with van der Waals surface area (Å²) in [6.45, 7) is 4.60. The maximum atomic E-state index is 2.46. The molecule has 0 aromatic carbocycles. The predicted molar refractivity (Wildman–Crippen MR) is 46.0 cm³/mol. The fourth-order valence-corrected chi connectivity index (χ4v) is 1.12. The van der Waals surface area contributed by atoms with Crippen molar-refractivity contribution in [1.29, 1.82) is 0 Å². The molecule has 1 aliphatic rings. The fourth-order valence-electron chi connectivity index (χ4n) is 1.12. The molecule has 0 bridgehead atoms. The largest absolute Gasteiger partial charge is 0.0851 e. The smallest absolute Gasteiger partial charge is 0.0317 e. The van der Waals surface area contributed by atoms with E-state index in [1.54, 1.807) is 5.57 Å². The molecule has 0 nitrogen and oxygen atoms in total. The van der Waals surface area contributed by atoms with E-state index in [2.05, 4.69) is 19.9 Å². The van der Waals surface area contributed by atoms with E-state index in [1.165, 1.54) is 32.1 Å². The summed E-state index contributed by atoms with van der Waals surface area (Å²) in [6, 6.07) is 0. The summed E-state index contributed by atoms with van der Waals surface area (Å²) in [7, 11) is 0. The van der Waals surface area contributed by atoms with Crippen LogP contribution in [-0.2, 0) is 0 Å².